The fourth-order valence-corrected chi connectivity index (χ4v) is 3.97. The van der Waals surface area contributed by atoms with Crippen LogP contribution in [-0.2, 0) is 11.2 Å². The second-order valence-electron chi connectivity index (χ2n) is 8.27. The zero-order chi connectivity index (χ0) is 24.3. The number of hydrogen-bond donors (Lipinski definition) is 4. The molecule has 1 aliphatic rings. The van der Waals surface area contributed by atoms with Gasteiger partial charge >= 0.3 is 11.9 Å². The van der Waals surface area contributed by atoms with Crippen molar-refractivity contribution in [3.63, 3.8) is 0 Å². The van der Waals surface area contributed by atoms with E-state index in [2.05, 4.69) is 21.4 Å². The first-order chi connectivity index (χ1) is 15.5. The van der Waals surface area contributed by atoms with Crippen LogP contribution in [0.25, 0.3) is 0 Å². The number of nitrogens with two attached hydrogens (primary N) is 1. The van der Waals surface area contributed by atoms with E-state index in [1.807, 2.05) is 13.8 Å². The van der Waals surface area contributed by atoms with Gasteiger partial charge in [0, 0.05) is 22.6 Å². The number of halogens is 2. The summed E-state index contributed by atoms with van der Waals surface area (Å²) in [6, 6.07) is 3.79. The van der Waals surface area contributed by atoms with E-state index in [4.69, 9.17) is 38.1 Å². The fourth-order valence-electron chi connectivity index (χ4n) is 3.50. The van der Waals surface area contributed by atoms with Crippen LogP contribution in [0.15, 0.2) is 27.7 Å². The van der Waals surface area contributed by atoms with Crippen molar-refractivity contribution in [1.82, 2.24) is 16.3 Å². The normalized spacial score (nSPS) is 15.5. The lowest BCUT2D eigenvalue weighted by Crippen LogP contribution is -2.43. The predicted molar refractivity (Wildman–Crippen MR) is 122 cm³/mol. The maximum Gasteiger partial charge on any atom is 0.332 e. The van der Waals surface area contributed by atoms with Crippen molar-refractivity contribution in [1.29, 1.82) is 0 Å². The van der Waals surface area contributed by atoms with E-state index < -0.39 is 17.8 Å². The van der Waals surface area contributed by atoms with Gasteiger partial charge in [0.25, 0.3) is 5.91 Å². The highest BCUT2D eigenvalue weighted by Crippen LogP contribution is 2.38. The molecule has 0 bridgehead atoms. The molecule has 10 nitrogen and oxygen atoms in total. The first-order valence-corrected chi connectivity index (χ1v) is 10.6. The number of nitrogens with zero attached hydrogens (tertiary/aromatic N) is 1. The highest BCUT2D eigenvalue weighted by Gasteiger charge is 2.36. The molecule has 2 aromatic rings. The van der Waals surface area contributed by atoms with E-state index in [-0.39, 0.29) is 28.6 Å². The van der Waals surface area contributed by atoms with Gasteiger partial charge in [-0.3, -0.25) is 20.4 Å². The lowest BCUT2D eigenvalue weighted by atomic mass is 9.75. The Balaban J connectivity index is 1.67. The van der Waals surface area contributed by atoms with Crippen LogP contribution in [0.5, 0.6) is 5.75 Å². The summed E-state index contributed by atoms with van der Waals surface area (Å²) in [4.78, 5) is 35.8. The highest BCUT2D eigenvalue weighted by molar-refractivity contribution is 6.35. The molecule has 4 amide bonds. The maximum atomic E-state index is 12.7. The summed E-state index contributed by atoms with van der Waals surface area (Å²) in [7, 11) is 0. The average Bonchev–Trinajstić information content (AvgIpc) is 3.04. The van der Waals surface area contributed by atoms with Gasteiger partial charge in [-0.1, -0.05) is 37.0 Å². The molecule has 1 aliphatic carbocycles. The molecule has 1 heterocycles. The molecule has 0 radical (unpaired) electrons. The van der Waals surface area contributed by atoms with Crippen molar-refractivity contribution in [2.24, 2.45) is 16.3 Å². The van der Waals surface area contributed by atoms with Crippen molar-refractivity contribution < 1.29 is 23.5 Å². The number of benzene rings is 1. The Morgan fingerprint density at radius 2 is 1.94 bits per heavy atom. The summed E-state index contributed by atoms with van der Waals surface area (Å²) in [5, 5.41) is 4.77. The van der Waals surface area contributed by atoms with E-state index in [1.165, 1.54) is 12.1 Å². The smallest absolute Gasteiger partial charge is 0.332 e. The molecular weight excluding hydrogens is 473 g/mol. The first-order valence-electron chi connectivity index (χ1n) is 9.88. The summed E-state index contributed by atoms with van der Waals surface area (Å²) in [5.41, 5.74) is 13.4. The van der Waals surface area contributed by atoms with Crippen molar-refractivity contribution in [2.45, 2.75) is 33.6 Å². The molecule has 0 aliphatic heterocycles. The van der Waals surface area contributed by atoms with Gasteiger partial charge in [-0.05, 0) is 37.0 Å². The molecule has 33 heavy (non-hydrogen) atoms. The Labute approximate surface area is 199 Å². The summed E-state index contributed by atoms with van der Waals surface area (Å²) >= 11 is 11.8. The van der Waals surface area contributed by atoms with Gasteiger partial charge in [0.15, 0.2) is 12.4 Å². The van der Waals surface area contributed by atoms with Gasteiger partial charge in [0.05, 0.1) is 10.7 Å². The van der Waals surface area contributed by atoms with Crippen molar-refractivity contribution in [2.75, 3.05) is 6.61 Å². The molecule has 176 valence electrons. The van der Waals surface area contributed by atoms with Crippen molar-refractivity contribution in [3.8, 4) is 5.75 Å². The van der Waals surface area contributed by atoms with E-state index in [1.54, 1.807) is 13.0 Å². The largest absolute Gasteiger partial charge is 0.482 e. The van der Waals surface area contributed by atoms with Crippen LogP contribution >= 0.6 is 23.2 Å². The summed E-state index contributed by atoms with van der Waals surface area (Å²) in [5.74, 6) is -0.411. The first kappa shape index (κ1) is 24.4. The van der Waals surface area contributed by atoms with E-state index in [0.717, 1.165) is 0 Å². The van der Waals surface area contributed by atoms with Gasteiger partial charge < -0.3 is 14.9 Å². The number of nitrogens with one attached hydrogen (secondary N) is 3. The van der Waals surface area contributed by atoms with Gasteiger partial charge in [-0.25, -0.2) is 10.2 Å². The number of urea groups is 1. The van der Waals surface area contributed by atoms with Crippen LogP contribution in [0.2, 0.25) is 10.0 Å². The Bertz CT molecular complexity index is 1140. The number of fused-ring (bicyclic) bond motifs is 1. The molecule has 1 aromatic carbocycles. The summed E-state index contributed by atoms with van der Waals surface area (Å²) in [6.45, 7) is 5.34. The zero-order valence-corrected chi connectivity index (χ0v) is 19.7. The minimum absolute atomic E-state index is 0.0199. The molecule has 0 unspecified atom stereocenters. The Morgan fingerprint density at radius 1 is 1.21 bits per heavy atom. The fraction of sp³-hybridized carbons (Fsp3) is 0.333. The standard InChI is InChI=1S/C21H23Cl2N5O5/c1-10-17-13(25-28-20(24)31)7-21(2,3)8-15(17)33-18(10)19(30)27-26-16(29)9-32-14-5-4-11(22)6-12(14)23/h4-6H,7-9H2,1-3H3,(H,26,29)(H,27,30)(H3,24,28,31)/b25-13-. The summed E-state index contributed by atoms with van der Waals surface area (Å²) in [6.07, 6.45) is 1.11. The Kier molecular flexibility index (Phi) is 7.19. The van der Waals surface area contributed by atoms with Gasteiger partial charge in [-0.15, -0.1) is 0 Å². The highest BCUT2D eigenvalue weighted by atomic mass is 35.5. The minimum Gasteiger partial charge on any atom is -0.482 e. The molecule has 0 atom stereocenters. The number of amides is 4. The van der Waals surface area contributed by atoms with Crippen LogP contribution in [0.1, 0.15) is 47.7 Å². The Hall–Kier alpha value is -3.24. The van der Waals surface area contributed by atoms with Crippen molar-refractivity contribution >= 4 is 46.8 Å². The van der Waals surface area contributed by atoms with Gasteiger partial charge in [0.1, 0.15) is 11.5 Å². The number of rotatable bonds is 5. The lowest BCUT2D eigenvalue weighted by molar-refractivity contribution is -0.123. The monoisotopic (exact) mass is 495 g/mol. The van der Waals surface area contributed by atoms with Crippen LogP contribution < -0.4 is 26.7 Å². The second-order valence-corrected chi connectivity index (χ2v) is 9.12. The van der Waals surface area contributed by atoms with Crippen LogP contribution in [-0.4, -0.2) is 30.2 Å². The Morgan fingerprint density at radius 3 is 2.61 bits per heavy atom. The number of primary amides is 1. The molecular formula is C21H23Cl2N5O5. The molecule has 5 N–H and O–H groups in total. The zero-order valence-electron chi connectivity index (χ0n) is 18.2. The third-order valence-electron chi connectivity index (χ3n) is 4.87. The number of hydrazine groups is 1. The molecule has 0 saturated heterocycles. The number of ether oxygens (including phenoxy) is 1. The third kappa shape index (κ3) is 5.96. The topological polar surface area (TPSA) is 148 Å². The minimum atomic E-state index is -0.795. The number of furan rings is 1. The number of hydrogen-bond acceptors (Lipinski definition) is 6. The van der Waals surface area contributed by atoms with Gasteiger partial charge in [-0.2, -0.15) is 5.10 Å². The van der Waals surface area contributed by atoms with Crippen LogP contribution in [0, 0.1) is 12.3 Å². The van der Waals surface area contributed by atoms with Crippen LogP contribution in [0.3, 0.4) is 0 Å². The van der Waals surface area contributed by atoms with Crippen LogP contribution in [0.4, 0.5) is 4.79 Å². The molecule has 0 saturated carbocycles. The third-order valence-corrected chi connectivity index (χ3v) is 5.40. The maximum absolute atomic E-state index is 12.7. The lowest BCUT2D eigenvalue weighted by Gasteiger charge is -2.29. The molecule has 0 spiro atoms. The van der Waals surface area contributed by atoms with Crippen molar-refractivity contribution in [3.05, 3.63) is 50.9 Å². The van der Waals surface area contributed by atoms with E-state index >= 15 is 0 Å². The number of hydrazone groups is 1. The SMILES string of the molecule is Cc1c(C(=O)NNC(=O)COc2ccc(Cl)cc2Cl)oc2c1/C(=N\NC(N)=O)CC(C)(C)C2. The molecule has 0 fully saturated rings. The molecule has 1 aromatic heterocycles. The number of carbonyl (C=O) groups is 3. The second kappa shape index (κ2) is 9.72. The van der Waals surface area contributed by atoms with E-state index in [9.17, 15) is 14.4 Å². The quantitative estimate of drug-likeness (QED) is 0.470. The number of carbonyl (C=O) groups excluding carboxylic acids is 3. The predicted octanol–water partition coefficient (Wildman–Crippen LogP) is 3.08. The summed E-state index contributed by atoms with van der Waals surface area (Å²) < 4.78 is 11.1. The van der Waals surface area contributed by atoms with Gasteiger partial charge in [0.2, 0.25) is 0 Å². The molecule has 12 heteroatoms. The molecule has 3 rings (SSSR count). The average molecular weight is 496 g/mol. The van der Waals surface area contributed by atoms with E-state index in [0.29, 0.717) is 40.5 Å².